The number of sulfonamides is 1. The number of anilines is 1. The summed E-state index contributed by atoms with van der Waals surface area (Å²) in [5, 5.41) is 8.83. The van der Waals surface area contributed by atoms with Gasteiger partial charge < -0.3 is 5.11 Å². The highest BCUT2D eigenvalue weighted by Crippen LogP contribution is 2.14. The Balaban J connectivity index is 2.04. The molecule has 0 saturated heterocycles. The van der Waals surface area contributed by atoms with E-state index in [1.807, 2.05) is 18.2 Å². The van der Waals surface area contributed by atoms with Crippen molar-refractivity contribution in [3.8, 4) is 0 Å². The van der Waals surface area contributed by atoms with Gasteiger partial charge in [-0.25, -0.2) is 8.42 Å². The highest BCUT2D eigenvalue weighted by Gasteiger charge is 2.11. The molecule has 0 saturated carbocycles. The lowest BCUT2D eigenvalue weighted by atomic mass is 10.1. The van der Waals surface area contributed by atoms with E-state index in [0.29, 0.717) is 12.1 Å². The van der Waals surface area contributed by atoms with E-state index < -0.39 is 10.0 Å². The van der Waals surface area contributed by atoms with Gasteiger partial charge in [-0.1, -0.05) is 42.5 Å². The maximum absolute atomic E-state index is 12.0. The van der Waals surface area contributed by atoms with Crippen LogP contribution in [0.1, 0.15) is 11.1 Å². The minimum Gasteiger partial charge on any atom is -0.396 e. The largest absolute Gasteiger partial charge is 0.396 e. The van der Waals surface area contributed by atoms with Crippen LogP contribution in [0, 0.1) is 0 Å². The highest BCUT2D eigenvalue weighted by atomic mass is 32.2. The molecule has 2 rings (SSSR count). The Hall–Kier alpha value is -1.85. The summed E-state index contributed by atoms with van der Waals surface area (Å²) in [6.07, 6.45) is 0.567. The SMILES string of the molecule is O=S(=O)(Cc1ccccc1)Nc1ccc(CCO)cc1. The van der Waals surface area contributed by atoms with Crippen LogP contribution in [0.4, 0.5) is 5.69 Å². The van der Waals surface area contributed by atoms with Crippen LogP contribution >= 0.6 is 0 Å². The van der Waals surface area contributed by atoms with Crippen molar-refractivity contribution in [2.24, 2.45) is 0 Å². The van der Waals surface area contributed by atoms with Crippen molar-refractivity contribution in [2.75, 3.05) is 11.3 Å². The first-order valence-corrected chi connectivity index (χ1v) is 7.98. The molecule has 0 aliphatic heterocycles. The van der Waals surface area contributed by atoms with Gasteiger partial charge in [0.25, 0.3) is 0 Å². The Kier molecular flexibility index (Phi) is 4.76. The standard InChI is InChI=1S/C15H17NO3S/c17-11-10-13-6-8-15(9-7-13)16-20(18,19)12-14-4-2-1-3-5-14/h1-9,16-17H,10-12H2. The molecule has 0 radical (unpaired) electrons. The smallest absolute Gasteiger partial charge is 0.236 e. The molecular formula is C15H17NO3S. The van der Waals surface area contributed by atoms with E-state index in [0.717, 1.165) is 11.1 Å². The monoisotopic (exact) mass is 291 g/mol. The van der Waals surface area contributed by atoms with Crippen LogP contribution in [0.15, 0.2) is 54.6 Å². The number of rotatable bonds is 6. The number of aliphatic hydroxyl groups excluding tert-OH is 1. The van der Waals surface area contributed by atoms with Crippen LogP contribution in [-0.2, 0) is 22.2 Å². The minimum absolute atomic E-state index is 0.0494. The number of hydrogen-bond donors (Lipinski definition) is 2. The second-order valence-electron chi connectivity index (χ2n) is 4.52. The minimum atomic E-state index is -3.41. The van der Waals surface area contributed by atoms with Gasteiger partial charge in [0.2, 0.25) is 10.0 Å². The third-order valence-electron chi connectivity index (χ3n) is 2.83. The van der Waals surface area contributed by atoms with E-state index in [9.17, 15) is 8.42 Å². The average Bonchev–Trinajstić information content (AvgIpc) is 2.41. The molecule has 0 spiro atoms. The van der Waals surface area contributed by atoms with Crippen molar-refractivity contribution in [2.45, 2.75) is 12.2 Å². The fraction of sp³-hybridized carbons (Fsp3) is 0.200. The lowest BCUT2D eigenvalue weighted by Gasteiger charge is -2.08. The summed E-state index contributed by atoms with van der Waals surface area (Å²) in [6.45, 7) is 0.0824. The van der Waals surface area contributed by atoms with Crippen LogP contribution in [-0.4, -0.2) is 20.1 Å². The first kappa shape index (κ1) is 14.6. The van der Waals surface area contributed by atoms with E-state index in [1.54, 1.807) is 36.4 Å². The summed E-state index contributed by atoms with van der Waals surface area (Å²) in [5.74, 6) is -0.0494. The number of benzene rings is 2. The predicted octanol–water partition coefficient (Wildman–Crippen LogP) is 2.16. The van der Waals surface area contributed by atoms with Gasteiger partial charge in [0.1, 0.15) is 0 Å². The lowest BCUT2D eigenvalue weighted by molar-refractivity contribution is 0.299. The maximum Gasteiger partial charge on any atom is 0.236 e. The van der Waals surface area contributed by atoms with Crippen molar-refractivity contribution >= 4 is 15.7 Å². The summed E-state index contributed by atoms with van der Waals surface area (Å²) in [7, 11) is -3.41. The summed E-state index contributed by atoms with van der Waals surface area (Å²) in [4.78, 5) is 0. The molecule has 2 N–H and O–H groups in total. The zero-order chi connectivity index (χ0) is 14.4. The summed E-state index contributed by atoms with van der Waals surface area (Å²) >= 11 is 0. The zero-order valence-electron chi connectivity index (χ0n) is 11.0. The molecule has 0 atom stereocenters. The van der Waals surface area contributed by atoms with Crippen molar-refractivity contribution in [3.63, 3.8) is 0 Å². The Morgan fingerprint density at radius 3 is 2.15 bits per heavy atom. The Bertz CT molecular complexity index is 637. The summed E-state index contributed by atoms with van der Waals surface area (Å²) in [6, 6.07) is 16.0. The quantitative estimate of drug-likeness (QED) is 0.857. The number of aliphatic hydroxyl groups is 1. The van der Waals surface area contributed by atoms with E-state index >= 15 is 0 Å². The molecule has 0 aliphatic rings. The molecular weight excluding hydrogens is 274 g/mol. The topological polar surface area (TPSA) is 66.4 Å². The van der Waals surface area contributed by atoms with Gasteiger partial charge in [-0.2, -0.15) is 0 Å². The van der Waals surface area contributed by atoms with Crippen molar-refractivity contribution in [3.05, 3.63) is 65.7 Å². The lowest BCUT2D eigenvalue weighted by Crippen LogP contribution is -2.15. The first-order chi connectivity index (χ1) is 9.59. The van der Waals surface area contributed by atoms with Gasteiger partial charge in [0, 0.05) is 12.3 Å². The van der Waals surface area contributed by atoms with E-state index in [-0.39, 0.29) is 12.4 Å². The van der Waals surface area contributed by atoms with E-state index in [1.165, 1.54) is 0 Å². The van der Waals surface area contributed by atoms with E-state index in [2.05, 4.69) is 4.72 Å². The van der Waals surface area contributed by atoms with Crippen molar-refractivity contribution in [1.82, 2.24) is 0 Å². The summed E-state index contributed by atoms with van der Waals surface area (Å²) in [5.41, 5.74) is 2.25. The van der Waals surface area contributed by atoms with Crippen LogP contribution in [0.5, 0.6) is 0 Å². The molecule has 106 valence electrons. The van der Waals surface area contributed by atoms with Gasteiger partial charge in [-0.15, -0.1) is 0 Å². The number of hydrogen-bond acceptors (Lipinski definition) is 3. The molecule has 0 fully saturated rings. The van der Waals surface area contributed by atoms with Crippen LogP contribution in [0.25, 0.3) is 0 Å². The number of nitrogens with one attached hydrogen (secondary N) is 1. The van der Waals surface area contributed by atoms with E-state index in [4.69, 9.17) is 5.11 Å². The predicted molar refractivity (Wildman–Crippen MR) is 79.9 cm³/mol. The second kappa shape index (κ2) is 6.54. The molecule has 2 aromatic carbocycles. The molecule has 2 aromatic rings. The van der Waals surface area contributed by atoms with Crippen LogP contribution in [0.2, 0.25) is 0 Å². The fourth-order valence-electron chi connectivity index (χ4n) is 1.88. The molecule has 20 heavy (non-hydrogen) atoms. The molecule has 5 heteroatoms. The van der Waals surface area contributed by atoms with Gasteiger partial charge in [0.05, 0.1) is 5.75 Å². The Morgan fingerprint density at radius 1 is 0.900 bits per heavy atom. The normalized spacial score (nSPS) is 11.2. The van der Waals surface area contributed by atoms with Gasteiger partial charge in [-0.05, 0) is 29.7 Å². The van der Waals surface area contributed by atoms with Crippen LogP contribution in [0.3, 0.4) is 0 Å². The van der Waals surface area contributed by atoms with Gasteiger partial charge in [0.15, 0.2) is 0 Å². The zero-order valence-corrected chi connectivity index (χ0v) is 11.8. The molecule has 0 bridgehead atoms. The third-order valence-corrected chi connectivity index (χ3v) is 4.09. The first-order valence-electron chi connectivity index (χ1n) is 6.33. The molecule has 0 amide bonds. The Labute approximate surface area is 119 Å². The maximum atomic E-state index is 12.0. The third kappa shape index (κ3) is 4.36. The Morgan fingerprint density at radius 2 is 1.55 bits per heavy atom. The van der Waals surface area contributed by atoms with Gasteiger partial charge in [-0.3, -0.25) is 4.72 Å². The van der Waals surface area contributed by atoms with Crippen LogP contribution < -0.4 is 4.72 Å². The molecule has 0 aromatic heterocycles. The molecule has 0 aliphatic carbocycles. The second-order valence-corrected chi connectivity index (χ2v) is 6.24. The van der Waals surface area contributed by atoms with Gasteiger partial charge >= 0.3 is 0 Å². The average molecular weight is 291 g/mol. The molecule has 0 heterocycles. The highest BCUT2D eigenvalue weighted by molar-refractivity contribution is 7.91. The molecule has 4 nitrogen and oxygen atoms in total. The fourth-order valence-corrected chi connectivity index (χ4v) is 3.08. The summed E-state index contributed by atoms with van der Waals surface area (Å²) < 4.78 is 26.6. The van der Waals surface area contributed by atoms with Crippen molar-refractivity contribution in [1.29, 1.82) is 0 Å². The molecule has 0 unspecified atom stereocenters. The van der Waals surface area contributed by atoms with Crippen molar-refractivity contribution < 1.29 is 13.5 Å².